The average molecular weight is 409 g/mol. The first-order valence-electron chi connectivity index (χ1n) is 9.88. The van der Waals surface area contributed by atoms with Crippen molar-refractivity contribution in [2.75, 3.05) is 40.5 Å². The van der Waals surface area contributed by atoms with Gasteiger partial charge in [0.05, 0.1) is 6.61 Å². The fourth-order valence-electron chi connectivity index (χ4n) is 2.39. The molecular formula is C21H36N4O4. The van der Waals surface area contributed by atoms with Gasteiger partial charge in [0.2, 0.25) is 0 Å². The number of nitrogens with zero attached hydrogens (tertiary/aromatic N) is 1. The zero-order chi connectivity index (χ0) is 21.7. The Labute approximate surface area is 174 Å². The maximum Gasteiger partial charge on any atom is 0.407 e. The number of alkyl carbamates (subject to hydrolysis) is 1. The van der Waals surface area contributed by atoms with Crippen LogP contribution in [0.3, 0.4) is 0 Å². The van der Waals surface area contributed by atoms with Gasteiger partial charge < -0.3 is 30.2 Å². The van der Waals surface area contributed by atoms with E-state index in [1.807, 2.05) is 39.8 Å². The number of nitrogens with one attached hydrogen (secondary N) is 3. The number of aryl methyl sites for hydroxylation is 1. The van der Waals surface area contributed by atoms with Crippen molar-refractivity contribution in [2.45, 2.75) is 46.3 Å². The number of hydrogen-bond acceptors (Lipinski definition) is 5. The highest BCUT2D eigenvalue weighted by molar-refractivity contribution is 5.79. The molecule has 0 spiro atoms. The van der Waals surface area contributed by atoms with Crippen LogP contribution in [0.25, 0.3) is 0 Å². The van der Waals surface area contributed by atoms with Crippen molar-refractivity contribution in [2.24, 2.45) is 4.99 Å². The number of amides is 1. The normalized spacial score (nSPS) is 11.7. The smallest absolute Gasteiger partial charge is 0.407 e. The number of carbonyl (C=O) groups is 1. The SMILES string of the molecule is CN=C(NCCNC(=O)OC(C)(C)C)NCc1ccc(C)cc1OCCCOC. The molecule has 1 aromatic carbocycles. The molecule has 0 fully saturated rings. The lowest BCUT2D eigenvalue weighted by Crippen LogP contribution is -2.42. The molecule has 1 aromatic rings. The number of rotatable bonds is 10. The van der Waals surface area contributed by atoms with Crippen LogP contribution < -0.4 is 20.7 Å². The summed E-state index contributed by atoms with van der Waals surface area (Å²) in [6.07, 6.45) is 0.405. The van der Waals surface area contributed by atoms with Gasteiger partial charge >= 0.3 is 6.09 Å². The number of aliphatic imine (C=N–C) groups is 1. The summed E-state index contributed by atoms with van der Waals surface area (Å²) in [5.41, 5.74) is 1.68. The molecule has 1 rings (SSSR count). The Bertz CT molecular complexity index is 657. The lowest BCUT2D eigenvalue weighted by Gasteiger charge is -2.20. The number of methoxy groups -OCH3 is 1. The maximum atomic E-state index is 11.6. The lowest BCUT2D eigenvalue weighted by atomic mass is 10.1. The van der Waals surface area contributed by atoms with E-state index in [-0.39, 0.29) is 0 Å². The van der Waals surface area contributed by atoms with E-state index in [1.54, 1.807) is 14.2 Å². The first kappa shape index (κ1) is 24.6. The predicted octanol–water partition coefficient (Wildman–Crippen LogP) is 2.60. The molecule has 0 aromatic heterocycles. The predicted molar refractivity (Wildman–Crippen MR) is 116 cm³/mol. The molecule has 0 saturated heterocycles. The van der Waals surface area contributed by atoms with Gasteiger partial charge in [0.15, 0.2) is 5.96 Å². The van der Waals surface area contributed by atoms with Crippen molar-refractivity contribution in [3.63, 3.8) is 0 Å². The highest BCUT2D eigenvalue weighted by Crippen LogP contribution is 2.20. The van der Waals surface area contributed by atoms with E-state index >= 15 is 0 Å². The van der Waals surface area contributed by atoms with E-state index < -0.39 is 11.7 Å². The topological polar surface area (TPSA) is 93.2 Å². The molecule has 0 radical (unpaired) electrons. The summed E-state index contributed by atoms with van der Waals surface area (Å²) in [4.78, 5) is 15.9. The number of ether oxygens (including phenoxy) is 3. The van der Waals surface area contributed by atoms with E-state index in [1.165, 1.54) is 0 Å². The Hall–Kier alpha value is -2.48. The van der Waals surface area contributed by atoms with E-state index in [2.05, 4.69) is 27.0 Å². The molecule has 1 amide bonds. The third-order valence-electron chi connectivity index (χ3n) is 3.73. The minimum Gasteiger partial charge on any atom is -0.493 e. The Morgan fingerprint density at radius 2 is 1.83 bits per heavy atom. The summed E-state index contributed by atoms with van der Waals surface area (Å²) in [5, 5.41) is 9.13. The van der Waals surface area contributed by atoms with Gasteiger partial charge in [0.1, 0.15) is 11.4 Å². The third-order valence-corrected chi connectivity index (χ3v) is 3.73. The zero-order valence-electron chi connectivity index (χ0n) is 18.6. The van der Waals surface area contributed by atoms with Gasteiger partial charge in [-0.05, 0) is 39.3 Å². The number of guanidine groups is 1. The number of carbonyl (C=O) groups excluding carboxylic acids is 1. The van der Waals surface area contributed by atoms with E-state index in [0.29, 0.717) is 38.8 Å². The minimum absolute atomic E-state index is 0.425. The molecule has 164 valence electrons. The van der Waals surface area contributed by atoms with Crippen LogP contribution >= 0.6 is 0 Å². The summed E-state index contributed by atoms with van der Waals surface area (Å²) in [7, 11) is 3.39. The second kappa shape index (κ2) is 12.9. The number of hydrogen-bond donors (Lipinski definition) is 3. The molecule has 0 atom stereocenters. The van der Waals surface area contributed by atoms with Crippen LogP contribution in [0.4, 0.5) is 4.79 Å². The van der Waals surface area contributed by atoms with Crippen LogP contribution in [0.1, 0.15) is 38.3 Å². The minimum atomic E-state index is -0.507. The van der Waals surface area contributed by atoms with Crippen molar-refractivity contribution in [1.29, 1.82) is 0 Å². The third kappa shape index (κ3) is 11.2. The number of benzene rings is 1. The van der Waals surface area contributed by atoms with Gasteiger partial charge in [0, 0.05) is 52.4 Å². The summed E-state index contributed by atoms with van der Waals surface area (Å²) < 4.78 is 16.2. The maximum absolute atomic E-state index is 11.6. The molecule has 0 saturated carbocycles. The molecule has 0 aliphatic carbocycles. The Morgan fingerprint density at radius 1 is 1.10 bits per heavy atom. The molecule has 3 N–H and O–H groups in total. The zero-order valence-corrected chi connectivity index (χ0v) is 18.6. The summed E-state index contributed by atoms with van der Waals surface area (Å²) in [6, 6.07) is 6.13. The van der Waals surface area contributed by atoms with Crippen molar-refractivity contribution in [3.8, 4) is 5.75 Å². The second-order valence-corrected chi connectivity index (χ2v) is 7.59. The molecule has 0 aliphatic heterocycles. The highest BCUT2D eigenvalue weighted by Gasteiger charge is 2.15. The van der Waals surface area contributed by atoms with Crippen LogP contribution in [-0.2, 0) is 16.0 Å². The first-order valence-corrected chi connectivity index (χ1v) is 9.88. The van der Waals surface area contributed by atoms with Gasteiger partial charge in [0.25, 0.3) is 0 Å². The van der Waals surface area contributed by atoms with Crippen molar-refractivity contribution < 1.29 is 19.0 Å². The Kier molecular flexibility index (Phi) is 10.9. The van der Waals surface area contributed by atoms with Gasteiger partial charge in [-0.3, -0.25) is 4.99 Å². The largest absolute Gasteiger partial charge is 0.493 e. The second-order valence-electron chi connectivity index (χ2n) is 7.59. The highest BCUT2D eigenvalue weighted by atomic mass is 16.6. The monoisotopic (exact) mass is 408 g/mol. The average Bonchev–Trinajstić information content (AvgIpc) is 2.64. The van der Waals surface area contributed by atoms with Gasteiger partial charge in [-0.2, -0.15) is 0 Å². The molecular weight excluding hydrogens is 372 g/mol. The van der Waals surface area contributed by atoms with Crippen LogP contribution in [0, 0.1) is 6.92 Å². The van der Waals surface area contributed by atoms with Crippen molar-refractivity contribution in [1.82, 2.24) is 16.0 Å². The molecule has 8 nitrogen and oxygen atoms in total. The molecule has 0 aliphatic rings. The molecule has 0 bridgehead atoms. The standard InChI is InChI=1S/C21H36N4O4/c1-16-8-9-17(18(14-16)28-13-7-12-27-6)15-25-19(22-5)23-10-11-24-20(26)29-21(2,3)4/h8-9,14H,7,10-13,15H2,1-6H3,(H,24,26)(H2,22,23,25). The van der Waals surface area contributed by atoms with Crippen molar-refractivity contribution in [3.05, 3.63) is 29.3 Å². The van der Waals surface area contributed by atoms with Gasteiger partial charge in [-0.15, -0.1) is 0 Å². The molecule has 0 heterocycles. The quantitative estimate of drug-likeness (QED) is 0.313. The fourth-order valence-corrected chi connectivity index (χ4v) is 2.39. The summed E-state index contributed by atoms with van der Waals surface area (Å²) in [6.45, 7) is 10.3. The van der Waals surface area contributed by atoms with Crippen LogP contribution in [0.15, 0.2) is 23.2 Å². The molecule has 8 heteroatoms. The van der Waals surface area contributed by atoms with Gasteiger partial charge in [-0.1, -0.05) is 12.1 Å². The van der Waals surface area contributed by atoms with E-state index in [9.17, 15) is 4.79 Å². The molecule has 0 unspecified atom stereocenters. The summed E-state index contributed by atoms with van der Waals surface area (Å²) in [5.74, 6) is 1.50. The van der Waals surface area contributed by atoms with Gasteiger partial charge in [-0.25, -0.2) is 4.79 Å². The lowest BCUT2D eigenvalue weighted by molar-refractivity contribution is 0.0529. The fraction of sp³-hybridized carbons (Fsp3) is 0.619. The summed E-state index contributed by atoms with van der Waals surface area (Å²) >= 11 is 0. The first-order chi connectivity index (χ1) is 13.7. The van der Waals surface area contributed by atoms with Crippen LogP contribution in [0.5, 0.6) is 5.75 Å². The van der Waals surface area contributed by atoms with E-state index in [4.69, 9.17) is 14.2 Å². The van der Waals surface area contributed by atoms with Crippen molar-refractivity contribution >= 4 is 12.1 Å². The van der Waals surface area contributed by atoms with Crippen LogP contribution in [0.2, 0.25) is 0 Å². The Morgan fingerprint density at radius 3 is 2.48 bits per heavy atom. The van der Waals surface area contributed by atoms with Crippen LogP contribution in [-0.4, -0.2) is 58.1 Å². The Balaban J connectivity index is 2.45. The van der Waals surface area contributed by atoms with E-state index in [0.717, 1.165) is 23.3 Å². The molecule has 29 heavy (non-hydrogen) atoms.